The van der Waals surface area contributed by atoms with Crippen molar-refractivity contribution < 1.29 is 4.74 Å². The number of hydrogen-bond donors (Lipinski definition) is 1. The summed E-state index contributed by atoms with van der Waals surface area (Å²) in [6.45, 7) is 12.7. The smallest absolute Gasteiger partial charge is 0.0703 e. The van der Waals surface area contributed by atoms with Gasteiger partial charge < -0.3 is 10.1 Å². The van der Waals surface area contributed by atoms with Gasteiger partial charge in [0.15, 0.2) is 0 Å². The Morgan fingerprint density at radius 2 is 1.85 bits per heavy atom. The van der Waals surface area contributed by atoms with Gasteiger partial charge in [0.1, 0.15) is 0 Å². The minimum absolute atomic E-state index is 0.0193. The van der Waals surface area contributed by atoms with Crippen LogP contribution >= 0.6 is 0 Å². The van der Waals surface area contributed by atoms with Crippen molar-refractivity contribution in [3.63, 3.8) is 0 Å². The van der Waals surface area contributed by atoms with Crippen LogP contribution in [0.25, 0.3) is 0 Å². The molecule has 0 saturated heterocycles. The maximum absolute atomic E-state index is 5.87. The monoisotopic (exact) mass is 187 g/mol. The Morgan fingerprint density at radius 1 is 1.23 bits per heavy atom. The lowest BCUT2D eigenvalue weighted by molar-refractivity contribution is -0.0595. The van der Waals surface area contributed by atoms with E-state index in [4.69, 9.17) is 4.74 Å². The molecule has 0 bridgehead atoms. The Balaban J connectivity index is 3.63. The van der Waals surface area contributed by atoms with Gasteiger partial charge in [-0.25, -0.2) is 0 Å². The second-order valence-corrected chi connectivity index (χ2v) is 4.46. The molecule has 0 heterocycles. The zero-order valence-electron chi connectivity index (χ0n) is 9.81. The van der Waals surface area contributed by atoms with Crippen molar-refractivity contribution in [3.05, 3.63) is 0 Å². The topological polar surface area (TPSA) is 21.3 Å². The fourth-order valence-electron chi connectivity index (χ4n) is 1.21. The third kappa shape index (κ3) is 8.26. The molecule has 80 valence electrons. The largest absolute Gasteiger partial charge is 0.371 e. The van der Waals surface area contributed by atoms with E-state index < -0.39 is 0 Å². The first-order valence-electron chi connectivity index (χ1n) is 5.38. The molecule has 0 aliphatic carbocycles. The van der Waals surface area contributed by atoms with Crippen LogP contribution in [-0.4, -0.2) is 24.8 Å². The normalized spacial score (nSPS) is 14.5. The predicted molar refractivity (Wildman–Crippen MR) is 58.1 cm³/mol. The summed E-state index contributed by atoms with van der Waals surface area (Å²) in [6.07, 6.45) is 2.62. The molecule has 0 aromatic heterocycles. The summed E-state index contributed by atoms with van der Waals surface area (Å²) in [5.74, 6) is 0. The van der Waals surface area contributed by atoms with Gasteiger partial charge >= 0.3 is 0 Å². The van der Waals surface area contributed by atoms with E-state index in [1.54, 1.807) is 0 Å². The van der Waals surface area contributed by atoms with Crippen LogP contribution in [0.3, 0.4) is 0 Å². The number of nitrogens with one attached hydrogen (secondary N) is 1. The Kier molecular flexibility index (Phi) is 6.35. The first-order chi connectivity index (χ1) is 5.99. The summed E-state index contributed by atoms with van der Waals surface area (Å²) in [4.78, 5) is 0. The number of rotatable bonds is 6. The van der Waals surface area contributed by atoms with Crippen molar-refractivity contribution >= 4 is 0 Å². The highest BCUT2D eigenvalue weighted by Gasteiger charge is 2.16. The average Bonchev–Trinajstić information content (AvgIpc) is 2.01. The fraction of sp³-hybridized carbons (Fsp3) is 1.00. The van der Waals surface area contributed by atoms with Crippen molar-refractivity contribution in [2.75, 3.05) is 13.1 Å². The highest BCUT2D eigenvalue weighted by Crippen LogP contribution is 2.12. The van der Waals surface area contributed by atoms with E-state index in [1.807, 2.05) is 0 Å². The fourth-order valence-corrected chi connectivity index (χ4v) is 1.21. The molecule has 0 aliphatic heterocycles. The minimum Gasteiger partial charge on any atom is -0.371 e. The molecule has 13 heavy (non-hydrogen) atoms. The summed E-state index contributed by atoms with van der Waals surface area (Å²) < 4.78 is 5.87. The van der Waals surface area contributed by atoms with Gasteiger partial charge in [0.2, 0.25) is 0 Å². The third-order valence-corrected chi connectivity index (χ3v) is 1.77. The summed E-state index contributed by atoms with van der Waals surface area (Å²) in [6, 6.07) is 0. The first kappa shape index (κ1) is 12.9. The molecule has 0 spiro atoms. The van der Waals surface area contributed by atoms with E-state index in [9.17, 15) is 0 Å². The number of hydrogen-bond acceptors (Lipinski definition) is 2. The van der Waals surface area contributed by atoms with Crippen molar-refractivity contribution in [2.24, 2.45) is 0 Å². The Bertz CT molecular complexity index is 118. The molecule has 1 N–H and O–H groups in total. The molecule has 0 amide bonds. The maximum Gasteiger partial charge on any atom is 0.0703 e. The summed E-state index contributed by atoms with van der Waals surface area (Å²) in [5.41, 5.74) is -0.0193. The first-order valence-corrected chi connectivity index (χ1v) is 5.38. The van der Waals surface area contributed by atoms with Crippen LogP contribution in [0.15, 0.2) is 0 Å². The lowest BCUT2D eigenvalue weighted by atomic mass is 10.1. The van der Waals surface area contributed by atoms with Gasteiger partial charge in [0, 0.05) is 6.54 Å². The molecule has 1 atom stereocenters. The van der Waals surface area contributed by atoms with Gasteiger partial charge in [0.05, 0.1) is 11.7 Å². The van der Waals surface area contributed by atoms with E-state index in [0.717, 1.165) is 19.5 Å². The van der Waals surface area contributed by atoms with Crippen LogP contribution in [-0.2, 0) is 4.74 Å². The van der Waals surface area contributed by atoms with Crippen LogP contribution in [0.4, 0.5) is 0 Å². The van der Waals surface area contributed by atoms with Crippen molar-refractivity contribution in [3.8, 4) is 0 Å². The summed E-state index contributed by atoms with van der Waals surface area (Å²) in [7, 11) is 0. The van der Waals surface area contributed by atoms with Gasteiger partial charge in [-0.15, -0.1) is 0 Å². The van der Waals surface area contributed by atoms with Gasteiger partial charge in [-0.3, -0.25) is 0 Å². The molecule has 0 saturated carbocycles. The van der Waals surface area contributed by atoms with E-state index in [-0.39, 0.29) is 5.60 Å². The lowest BCUT2D eigenvalue weighted by Crippen LogP contribution is -2.35. The van der Waals surface area contributed by atoms with Gasteiger partial charge in [-0.1, -0.05) is 13.8 Å². The molecule has 1 unspecified atom stereocenters. The van der Waals surface area contributed by atoms with E-state index >= 15 is 0 Å². The zero-order valence-corrected chi connectivity index (χ0v) is 9.81. The Labute approximate surface area is 83.1 Å². The molecule has 0 rings (SSSR count). The molecule has 0 aliphatic rings. The SMILES string of the molecule is CCCNCC(CC)OC(C)(C)C. The lowest BCUT2D eigenvalue weighted by Gasteiger charge is -2.27. The van der Waals surface area contributed by atoms with E-state index in [2.05, 4.69) is 39.9 Å². The van der Waals surface area contributed by atoms with E-state index in [1.165, 1.54) is 6.42 Å². The van der Waals surface area contributed by atoms with Crippen LogP contribution < -0.4 is 5.32 Å². The van der Waals surface area contributed by atoms with Gasteiger partial charge in [-0.2, -0.15) is 0 Å². The average molecular weight is 187 g/mol. The molecule has 0 aromatic carbocycles. The molecule has 0 aromatic rings. The highest BCUT2D eigenvalue weighted by molar-refractivity contribution is 4.67. The van der Waals surface area contributed by atoms with Crippen molar-refractivity contribution in [2.45, 2.75) is 59.2 Å². The standard InChI is InChI=1S/C11H25NO/c1-6-8-12-9-10(7-2)13-11(3,4)5/h10,12H,6-9H2,1-5H3. The second kappa shape index (κ2) is 6.39. The Hall–Kier alpha value is -0.0800. The van der Waals surface area contributed by atoms with E-state index in [0.29, 0.717) is 6.10 Å². The highest BCUT2D eigenvalue weighted by atomic mass is 16.5. The molecular weight excluding hydrogens is 162 g/mol. The van der Waals surface area contributed by atoms with Gasteiger partial charge in [-0.05, 0) is 40.2 Å². The quantitative estimate of drug-likeness (QED) is 0.645. The molecule has 2 heteroatoms. The van der Waals surface area contributed by atoms with Crippen LogP contribution in [0, 0.1) is 0 Å². The predicted octanol–water partition coefficient (Wildman–Crippen LogP) is 2.58. The maximum atomic E-state index is 5.87. The minimum atomic E-state index is -0.0193. The van der Waals surface area contributed by atoms with Gasteiger partial charge in [0.25, 0.3) is 0 Å². The zero-order chi connectivity index (χ0) is 10.3. The molecular formula is C11H25NO. The molecule has 2 nitrogen and oxygen atoms in total. The Morgan fingerprint density at radius 3 is 2.23 bits per heavy atom. The van der Waals surface area contributed by atoms with Crippen LogP contribution in [0.2, 0.25) is 0 Å². The number of ether oxygens (including phenoxy) is 1. The summed E-state index contributed by atoms with van der Waals surface area (Å²) >= 11 is 0. The van der Waals surface area contributed by atoms with Crippen molar-refractivity contribution in [1.82, 2.24) is 5.32 Å². The molecule has 0 fully saturated rings. The third-order valence-electron chi connectivity index (χ3n) is 1.77. The van der Waals surface area contributed by atoms with Crippen LogP contribution in [0.1, 0.15) is 47.5 Å². The van der Waals surface area contributed by atoms with Crippen molar-refractivity contribution in [1.29, 1.82) is 0 Å². The second-order valence-electron chi connectivity index (χ2n) is 4.46. The molecule has 0 radical (unpaired) electrons. The van der Waals surface area contributed by atoms with Crippen LogP contribution in [0.5, 0.6) is 0 Å². The summed E-state index contributed by atoms with van der Waals surface area (Å²) in [5, 5.41) is 3.38.